The van der Waals surface area contributed by atoms with Gasteiger partial charge in [0.25, 0.3) is 0 Å². The van der Waals surface area contributed by atoms with Crippen molar-refractivity contribution in [2.24, 2.45) is 0 Å². The molecule has 0 fully saturated rings. The minimum Gasteiger partial charge on any atom is -0.478 e. The number of benzene rings is 2. The normalized spacial score (nSPS) is 10.0. The van der Waals surface area contributed by atoms with Gasteiger partial charge in [-0.2, -0.15) is 0 Å². The first kappa shape index (κ1) is 16.1. The number of nitrogens with one attached hydrogen (secondary N) is 2. The first-order valence-electron chi connectivity index (χ1n) is 6.09. The second-order valence-electron chi connectivity index (χ2n) is 4.07. The van der Waals surface area contributed by atoms with Crippen molar-refractivity contribution in [2.75, 3.05) is 9.44 Å². The summed E-state index contributed by atoms with van der Waals surface area (Å²) in [6.45, 7) is 0. The average Bonchev–Trinajstić information content (AvgIpc) is 2.52. The highest BCUT2D eigenvalue weighted by Crippen LogP contribution is 2.28. The van der Waals surface area contributed by atoms with Crippen LogP contribution in [0.25, 0.3) is 0 Å². The molecule has 0 bridgehead atoms. The molecule has 0 saturated carbocycles. The van der Waals surface area contributed by atoms with E-state index in [0.29, 0.717) is 11.4 Å². The Labute approximate surface area is 134 Å². The zero-order valence-electron chi connectivity index (χ0n) is 11.1. The Kier molecular flexibility index (Phi) is 5.56. The first-order valence-corrected chi connectivity index (χ1v) is 8.23. The lowest BCUT2D eigenvalue weighted by Gasteiger charge is -2.10. The third-order valence-corrected chi connectivity index (χ3v) is 4.10. The molecule has 2 aromatic carbocycles. The molecule has 8 heteroatoms. The van der Waals surface area contributed by atoms with E-state index in [2.05, 4.69) is 9.44 Å². The Morgan fingerprint density at radius 3 is 1.45 bits per heavy atom. The molecule has 6 nitrogen and oxygen atoms in total. The van der Waals surface area contributed by atoms with Crippen molar-refractivity contribution < 1.29 is 19.8 Å². The molecule has 0 amide bonds. The number of carbonyl (C=O) groups is 2. The third kappa shape index (κ3) is 4.09. The van der Waals surface area contributed by atoms with Crippen LogP contribution in [-0.4, -0.2) is 22.2 Å². The molecule has 0 unspecified atom stereocenters. The van der Waals surface area contributed by atoms with E-state index < -0.39 is 11.9 Å². The molecule has 114 valence electrons. The van der Waals surface area contributed by atoms with E-state index in [1.807, 2.05) is 0 Å². The smallest absolute Gasteiger partial charge is 0.337 e. The van der Waals surface area contributed by atoms with E-state index in [-0.39, 0.29) is 11.1 Å². The van der Waals surface area contributed by atoms with Gasteiger partial charge in [0.1, 0.15) is 0 Å². The van der Waals surface area contributed by atoms with E-state index in [9.17, 15) is 9.59 Å². The standard InChI is InChI=1S/C14H12N2O4S2/c17-13(18)9-5-1-3-7-11(9)15-21-22-16-12-8-4-2-6-10(12)14(19)20/h1-8,15-16H,(H,17,18)(H,19,20). The number of para-hydroxylation sites is 2. The molecule has 2 rings (SSSR count). The van der Waals surface area contributed by atoms with Crippen LogP contribution >= 0.6 is 22.0 Å². The Morgan fingerprint density at radius 2 is 1.09 bits per heavy atom. The molecule has 2 aromatic rings. The van der Waals surface area contributed by atoms with Crippen LogP contribution in [0, 0.1) is 0 Å². The fraction of sp³-hybridized carbons (Fsp3) is 0. The predicted octanol–water partition coefficient (Wildman–Crippen LogP) is 3.82. The van der Waals surface area contributed by atoms with Crippen molar-refractivity contribution in [1.29, 1.82) is 0 Å². The van der Waals surface area contributed by atoms with Gasteiger partial charge in [0.05, 0.1) is 22.5 Å². The van der Waals surface area contributed by atoms with Crippen LogP contribution < -0.4 is 9.44 Å². The quantitative estimate of drug-likeness (QED) is 0.344. The highest BCUT2D eigenvalue weighted by Gasteiger charge is 2.10. The summed E-state index contributed by atoms with van der Waals surface area (Å²) in [6.07, 6.45) is 0. The summed E-state index contributed by atoms with van der Waals surface area (Å²) >= 11 is 0. The number of carboxylic acid groups (broad SMARTS) is 2. The maximum absolute atomic E-state index is 11.1. The van der Waals surface area contributed by atoms with Gasteiger partial charge in [-0.05, 0) is 24.3 Å². The van der Waals surface area contributed by atoms with Crippen molar-refractivity contribution in [1.82, 2.24) is 0 Å². The maximum Gasteiger partial charge on any atom is 0.337 e. The molecule has 0 atom stereocenters. The van der Waals surface area contributed by atoms with Crippen LogP contribution in [-0.2, 0) is 0 Å². The zero-order valence-corrected chi connectivity index (χ0v) is 12.8. The predicted molar refractivity (Wildman–Crippen MR) is 89.2 cm³/mol. The number of carboxylic acids is 2. The second-order valence-corrected chi connectivity index (χ2v) is 5.81. The maximum atomic E-state index is 11.1. The number of anilines is 2. The molecule has 0 saturated heterocycles. The lowest BCUT2D eigenvalue weighted by Crippen LogP contribution is -2.02. The van der Waals surface area contributed by atoms with Gasteiger partial charge in [-0.1, -0.05) is 24.3 Å². The van der Waals surface area contributed by atoms with Crippen molar-refractivity contribution in [3.05, 3.63) is 59.7 Å². The van der Waals surface area contributed by atoms with Crippen LogP contribution in [0.4, 0.5) is 11.4 Å². The van der Waals surface area contributed by atoms with Crippen LogP contribution in [0.5, 0.6) is 0 Å². The van der Waals surface area contributed by atoms with Crippen molar-refractivity contribution >= 4 is 45.3 Å². The number of hydrogen-bond acceptors (Lipinski definition) is 6. The average molecular weight is 336 g/mol. The van der Waals surface area contributed by atoms with E-state index in [0.717, 1.165) is 22.0 Å². The second kappa shape index (κ2) is 7.62. The van der Waals surface area contributed by atoms with Gasteiger partial charge >= 0.3 is 11.9 Å². The third-order valence-electron chi connectivity index (χ3n) is 2.66. The van der Waals surface area contributed by atoms with Crippen LogP contribution in [0.1, 0.15) is 20.7 Å². The molecule has 4 N–H and O–H groups in total. The monoisotopic (exact) mass is 336 g/mol. The molecule has 0 aliphatic rings. The molecule has 22 heavy (non-hydrogen) atoms. The number of rotatable bonds is 7. The van der Waals surface area contributed by atoms with Gasteiger partial charge in [0.15, 0.2) is 0 Å². The zero-order chi connectivity index (χ0) is 15.9. The Balaban J connectivity index is 1.93. The lowest BCUT2D eigenvalue weighted by atomic mass is 10.2. The lowest BCUT2D eigenvalue weighted by molar-refractivity contribution is 0.0687. The molecule has 0 radical (unpaired) electrons. The van der Waals surface area contributed by atoms with Gasteiger partial charge in [-0.15, -0.1) is 0 Å². The molecular weight excluding hydrogens is 324 g/mol. The van der Waals surface area contributed by atoms with Crippen molar-refractivity contribution in [3.8, 4) is 0 Å². The van der Waals surface area contributed by atoms with Crippen LogP contribution in [0.3, 0.4) is 0 Å². The van der Waals surface area contributed by atoms with E-state index in [1.54, 1.807) is 36.4 Å². The molecule has 0 spiro atoms. The van der Waals surface area contributed by atoms with Gasteiger partial charge < -0.3 is 19.7 Å². The minimum atomic E-state index is -1.02. The summed E-state index contributed by atoms with van der Waals surface area (Å²) in [5, 5.41) is 18.1. The van der Waals surface area contributed by atoms with Gasteiger partial charge in [-0.3, -0.25) is 0 Å². The number of aromatic carboxylic acids is 2. The fourth-order valence-corrected chi connectivity index (χ4v) is 3.06. The molecule has 0 aromatic heterocycles. The molecule has 0 aliphatic carbocycles. The SMILES string of the molecule is O=C(O)c1ccccc1NSSNc1ccccc1C(=O)O. The Bertz CT molecular complexity index is 635. The topological polar surface area (TPSA) is 98.7 Å². The van der Waals surface area contributed by atoms with Crippen molar-refractivity contribution in [3.63, 3.8) is 0 Å². The van der Waals surface area contributed by atoms with Crippen molar-refractivity contribution in [2.45, 2.75) is 0 Å². The summed E-state index contributed by atoms with van der Waals surface area (Å²) in [7, 11) is 2.30. The molecule has 0 heterocycles. The van der Waals surface area contributed by atoms with E-state index in [1.165, 1.54) is 12.1 Å². The molecule has 0 aliphatic heterocycles. The molecular formula is C14H12N2O4S2. The fourth-order valence-electron chi connectivity index (χ4n) is 1.65. The summed E-state index contributed by atoms with van der Waals surface area (Å²) in [6, 6.07) is 13.1. The van der Waals surface area contributed by atoms with Gasteiger partial charge in [0.2, 0.25) is 0 Å². The van der Waals surface area contributed by atoms with Crippen LogP contribution in [0.15, 0.2) is 48.5 Å². The van der Waals surface area contributed by atoms with Crippen LogP contribution in [0.2, 0.25) is 0 Å². The summed E-state index contributed by atoms with van der Waals surface area (Å²) in [5.74, 6) is -2.03. The largest absolute Gasteiger partial charge is 0.478 e. The summed E-state index contributed by atoms with van der Waals surface area (Å²) in [5.41, 5.74) is 1.28. The Morgan fingerprint density at radius 1 is 0.727 bits per heavy atom. The highest BCUT2D eigenvalue weighted by atomic mass is 33.1. The van der Waals surface area contributed by atoms with Gasteiger partial charge in [0, 0.05) is 22.0 Å². The van der Waals surface area contributed by atoms with E-state index >= 15 is 0 Å². The minimum absolute atomic E-state index is 0.168. The summed E-state index contributed by atoms with van der Waals surface area (Å²) in [4.78, 5) is 22.1. The van der Waals surface area contributed by atoms with Gasteiger partial charge in [-0.25, -0.2) is 9.59 Å². The first-order chi connectivity index (χ1) is 10.6. The summed E-state index contributed by atoms with van der Waals surface area (Å²) < 4.78 is 5.80. The van der Waals surface area contributed by atoms with E-state index in [4.69, 9.17) is 10.2 Å². The number of hydrogen-bond donors (Lipinski definition) is 4. The highest BCUT2D eigenvalue weighted by molar-refractivity contribution is 8.77. The Hall–Kier alpha value is -2.32.